The van der Waals surface area contributed by atoms with Crippen molar-refractivity contribution in [1.82, 2.24) is 0 Å². The van der Waals surface area contributed by atoms with Crippen LogP contribution in [0.1, 0.15) is 20.8 Å². The molecule has 0 spiro atoms. The maximum Gasteiger partial charge on any atom is 0.326 e. The molecular formula is C12H18O6. The Hall–Kier alpha value is -1.85. The lowest BCUT2D eigenvalue weighted by atomic mass is 9.90. The van der Waals surface area contributed by atoms with Crippen molar-refractivity contribution in [2.24, 2.45) is 5.41 Å². The molecule has 0 aliphatic carbocycles. The number of carbonyl (C=O) groups is 3. The quantitative estimate of drug-likeness (QED) is 0.315. The zero-order valence-electron chi connectivity index (χ0n) is 11.2. The fourth-order valence-electron chi connectivity index (χ4n) is 1.27. The van der Waals surface area contributed by atoms with Crippen LogP contribution in [-0.2, 0) is 28.6 Å². The smallest absolute Gasteiger partial charge is 0.326 e. The molecule has 6 heteroatoms. The molecule has 102 valence electrons. The molecule has 0 saturated heterocycles. The third-order valence-electron chi connectivity index (χ3n) is 2.27. The molecule has 0 radical (unpaired) electrons. The SMILES string of the molecule is COC(=O)C(C)(/C=C/[C@H](C)OC(C)=O)C(=O)OC. The molecule has 0 N–H and O–H groups in total. The van der Waals surface area contributed by atoms with Gasteiger partial charge in [0.1, 0.15) is 6.10 Å². The average Bonchev–Trinajstić information content (AvgIpc) is 2.32. The summed E-state index contributed by atoms with van der Waals surface area (Å²) in [5, 5.41) is 0. The van der Waals surface area contributed by atoms with Gasteiger partial charge in [0.2, 0.25) is 0 Å². The second kappa shape index (κ2) is 6.78. The van der Waals surface area contributed by atoms with Gasteiger partial charge in [0.15, 0.2) is 5.41 Å². The molecule has 0 saturated carbocycles. The second-order valence-corrected chi connectivity index (χ2v) is 3.86. The van der Waals surface area contributed by atoms with Gasteiger partial charge in [-0.15, -0.1) is 0 Å². The van der Waals surface area contributed by atoms with Crippen molar-refractivity contribution in [3.8, 4) is 0 Å². The van der Waals surface area contributed by atoms with Gasteiger partial charge in [-0.2, -0.15) is 0 Å². The second-order valence-electron chi connectivity index (χ2n) is 3.86. The van der Waals surface area contributed by atoms with Crippen molar-refractivity contribution in [2.75, 3.05) is 14.2 Å². The van der Waals surface area contributed by atoms with Gasteiger partial charge in [-0.05, 0) is 19.9 Å². The van der Waals surface area contributed by atoms with E-state index < -0.39 is 29.4 Å². The van der Waals surface area contributed by atoms with Crippen LogP contribution in [-0.4, -0.2) is 38.2 Å². The minimum atomic E-state index is -1.56. The maximum absolute atomic E-state index is 11.6. The van der Waals surface area contributed by atoms with Gasteiger partial charge in [-0.1, -0.05) is 6.08 Å². The molecule has 0 bridgehead atoms. The number of hydrogen-bond donors (Lipinski definition) is 0. The predicted octanol–water partition coefficient (Wildman–Crippen LogP) is 0.846. The summed E-state index contributed by atoms with van der Waals surface area (Å²) in [7, 11) is 2.35. The van der Waals surface area contributed by atoms with Gasteiger partial charge in [0.25, 0.3) is 0 Å². The molecule has 0 heterocycles. The van der Waals surface area contributed by atoms with Crippen LogP contribution < -0.4 is 0 Å². The Bertz CT molecular complexity index is 342. The van der Waals surface area contributed by atoms with E-state index in [-0.39, 0.29) is 0 Å². The van der Waals surface area contributed by atoms with Gasteiger partial charge in [0.05, 0.1) is 14.2 Å². The first kappa shape index (κ1) is 16.1. The zero-order chi connectivity index (χ0) is 14.3. The fourth-order valence-corrected chi connectivity index (χ4v) is 1.27. The van der Waals surface area contributed by atoms with Crippen molar-refractivity contribution in [3.63, 3.8) is 0 Å². The largest absolute Gasteiger partial charge is 0.468 e. The highest BCUT2D eigenvalue weighted by atomic mass is 16.5. The Labute approximate surface area is 106 Å². The molecule has 0 amide bonds. The molecule has 0 aromatic carbocycles. The third kappa shape index (κ3) is 4.20. The third-order valence-corrected chi connectivity index (χ3v) is 2.27. The van der Waals surface area contributed by atoms with Crippen LogP contribution in [0.4, 0.5) is 0 Å². The molecule has 18 heavy (non-hydrogen) atoms. The highest BCUT2D eigenvalue weighted by Gasteiger charge is 2.41. The van der Waals surface area contributed by atoms with E-state index in [1.165, 1.54) is 40.2 Å². The number of rotatable bonds is 5. The van der Waals surface area contributed by atoms with E-state index in [0.717, 1.165) is 0 Å². The highest BCUT2D eigenvalue weighted by Crippen LogP contribution is 2.22. The highest BCUT2D eigenvalue weighted by molar-refractivity contribution is 6.01. The number of hydrogen-bond acceptors (Lipinski definition) is 6. The number of esters is 3. The van der Waals surface area contributed by atoms with Gasteiger partial charge in [-0.25, -0.2) is 0 Å². The molecule has 0 aliphatic heterocycles. The van der Waals surface area contributed by atoms with Crippen molar-refractivity contribution in [1.29, 1.82) is 0 Å². The van der Waals surface area contributed by atoms with Crippen LogP contribution in [0, 0.1) is 5.41 Å². The summed E-state index contributed by atoms with van der Waals surface area (Å²) in [4.78, 5) is 33.9. The first-order chi connectivity index (χ1) is 8.27. The molecule has 0 aromatic heterocycles. The topological polar surface area (TPSA) is 78.9 Å². The van der Waals surface area contributed by atoms with E-state index in [2.05, 4.69) is 9.47 Å². The van der Waals surface area contributed by atoms with Crippen LogP contribution in [0.15, 0.2) is 12.2 Å². The summed E-state index contributed by atoms with van der Waals surface area (Å²) in [5.74, 6) is -1.95. The Kier molecular flexibility index (Phi) is 6.08. The van der Waals surface area contributed by atoms with Crippen molar-refractivity contribution < 1.29 is 28.6 Å². The summed E-state index contributed by atoms with van der Waals surface area (Å²) in [6, 6.07) is 0. The normalized spacial score (nSPS) is 12.9. The Morgan fingerprint density at radius 2 is 1.56 bits per heavy atom. The van der Waals surface area contributed by atoms with Crippen LogP contribution in [0.3, 0.4) is 0 Å². The molecule has 0 aliphatic rings. The van der Waals surface area contributed by atoms with Crippen molar-refractivity contribution in [2.45, 2.75) is 26.9 Å². The molecule has 6 nitrogen and oxygen atoms in total. The molecule has 0 fully saturated rings. The van der Waals surface area contributed by atoms with E-state index in [1.807, 2.05) is 0 Å². The maximum atomic E-state index is 11.6. The summed E-state index contributed by atoms with van der Waals surface area (Å²) < 4.78 is 13.9. The Balaban J connectivity index is 5.01. The van der Waals surface area contributed by atoms with E-state index in [1.54, 1.807) is 6.92 Å². The van der Waals surface area contributed by atoms with E-state index >= 15 is 0 Å². The first-order valence-corrected chi connectivity index (χ1v) is 5.31. The summed E-state index contributed by atoms with van der Waals surface area (Å²) in [6.45, 7) is 4.23. The molecule has 1 atom stereocenters. The van der Waals surface area contributed by atoms with Crippen molar-refractivity contribution in [3.05, 3.63) is 12.2 Å². The van der Waals surface area contributed by atoms with Gasteiger partial charge in [0, 0.05) is 6.92 Å². The van der Waals surface area contributed by atoms with Crippen molar-refractivity contribution >= 4 is 17.9 Å². The number of methoxy groups -OCH3 is 2. The van der Waals surface area contributed by atoms with Crippen LogP contribution in [0.5, 0.6) is 0 Å². The summed E-state index contributed by atoms with van der Waals surface area (Å²) in [5.41, 5.74) is -1.56. The van der Waals surface area contributed by atoms with Gasteiger partial charge < -0.3 is 14.2 Å². The minimum Gasteiger partial charge on any atom is -0.468 e. The standard InChI is InChI=1S/C12H18O6/c1-8(18-9(2)13)6-7-12(3,10(14)16-4)11(15)17-5/h6-8H,1-5H3/b7-6+/t8-/m0/s1. The fraction of sp³-hybridized carbons (Fsp3) is 0.583. The Morgan fingerprint density at radius 1 is 1.11 bits per heavy atom. The molecule has 0 aromatic rings. The minimum absolute atomic E-state index is 0.454. The molecule has 0 unspecified atom stereocenters. The lowest BCUT2D eigenvalue weighted by molar-refractivity contribution is -0.163. The van der Waals surface area contributed by atoms with Crippen LogP contribution in [0.2, 0.25) is 0 Å². The van der Waals surface area contributed by atoms with Gasteiger partial charge >= 0.3 is 17.9 Å². The lowest BCUT2D eigenvalue weighted by Crippen LogP contribution is -2.37. The average molecular weight is 258 g/mol. The molecule has 0 rings (SSSR count). The van der Waals surface area contributed by atoms with E-state index in [4.69, 9.17) is 4.74 Å². The zero-order valence-corrected chi connectivity index (χ0v) is 11.2. The lowest BCUT2D eigenvalue weighted by Gasteiger charge is -2.20. The predicted molar refractivity (Wildman–Crippen MR) is 62.5 cm³/mol. The Morgan fingerprint density at radius 3 is 1.89 bits per heavy atom. The number of ether oxygens (including phenoxy) is 3. The van der Waals surface area contributed by atoms with E-state index in [0.29, 0.717) is 0 Å². The molecular weight excluding hydrogens is 240 g/mol. The first-order valence-electron chi connectivity index (χ1n) is 5.31. The summed E-state index contributed by atoms with van der Waals surface area (Å²) >= 11 is 0. The van der Waals surface area contributed by atoms with Crippen LogP contribution >= 0.6 is 0 Å². The van der Waals surface area contributed by atoms with Gasteiger partial charge in [-0.3, -0.25) is 14.4 Å². The monoisotopic (exact) mass is 258 g/mol. The van der Waals surface area contributed by atoms with E-state index in [9.17, 15) is 14.4 Å². The number of carbonyl (C=O) groups excluding carboxylic acids is 3. The summed E-state index contributed by atoms with van der Waals surface area (Å²) in [6.07, 6.45) is 2.17. The van der Waals surface area contributed by atoms with Crippen LogP contribution in [0.25, 0.3) is 0 Å².